The van der Waals surface area contributed by atoms with E-state index in [0.717, 1.165) is 36.6 Å². The summed E-state index contributed by atoms with van der Waals surface area (Å²) in [5, 5.41) is 9.27. The molecule has 0 fully saturated rings. The molecule has 1 aromatic heterocycles. The molecule has 6 nitrogen and oxygen atoms in total. The summed E-state index contributed by atoms with van der Waals surface area (Å²) in [6.45, 7) is 10.1. The first-order valence-corrected chi connectivity index (χ1v) is 7.69. The smallest absolute Gasteiger partial charge is 0.239 e. The Balaban J connectivity index is 2.78. The van der Waals surface area contributed by atoms with Gasteiger partial charge in [0.2, 0.25) is 5.91 Å². The topological polar surface area (TPSA) is 78.9 Å². The van der Waals surface area contributed by atoms with Crippen molar-refractivity contribution < 1.29 is 4.79 Å². The van der Waals surface area contributed by atoms with Gasteiger partial charge in [-0.1, -0.05) is 27.7 Å². The van der Waals surface area contributed by atoms with Gasteiger partial charge in [0.15, 0.2) is 0 Å². The molecule has 1 aromatic rings. The molecule has 0 saturated heterocycles. The molecule has 0 radical (unpaired) electrons. The number of carbonyl (C=O) groups excluding carboxylic acids is 1. The minimum atomic E-state index is -0.0202. The molecule has 0 unspecified atom stereocenters. The predicted octanol–water partition coefficient (Wildman–Crippen LogP) is 2.36. The largest absolute Gasteiger partial charge is 0.370 e. The van der Waals surface area contributed by atoms with Crippen LogP contribution in [0.25, 0.3) is 0 Å². The molecule has 118 valence electrons. The van der Waals surface area contributed by atoms with Gasteiger partial charge < -0.3 is 16.0 Å². The molecule has 1 heterocycles. The summed E-state index contributed by atoms with van der Waals surface area (Å²) in [7, 11) is 0. The molecule has 21 heavy (non-hydrogen) atoms. The number of nitrogens with one attached hydrogen (secondary N) is 3. The number of carbonyl (C=O) groups is 1. The monoisotopic (exact) mass is 293 g/mol. The zero-order valence-electron chi connectivity index (χ0n) is 13.5. The van der Waals surface area contributed by atoms with E-state index in [1.165, 1.54) is 6.33 Å². The Kier molecular flexibility index (Phi) is 7.50. The summed E-state index contributed by atoms with van der Waals surface area (Å²) in [4.78, 5) is 20.3. The van der Waals surface area contributed by atoms with Gasteiger partial charge in [-0.15, -0.1) is 0 Å². The van der Waals surface area contributed by atoms with Crippen molar-refractivity contribution in [3.8, 4) is 0 Å². The standard InChI is InChI=1S/C15H27N5O/c1-5-7-16-12(21)9-18-15-13(11(3)4)14(17-8-6-2)19-10-20-15/h10-11H,5-9H2,1-4H3,(H,16,21)(H2,17,18,19,20). The SMILES string of the molecule is CCCNC(=O)CNc1ncnc(NCCC)c1C(C)C. The molecule has 1 amide bonds. The van der Waals surface area contributed by atoms with Crippen LogP contribution in [0, 0.1) is 0 Å². The summed E-state index contributed by atoms with van der Waals surface area (Å²) < 4.78 is 0. The Hall–Kier alpha value is -1.85. The molecule has 6 heteroatoms. The van der Waals surface area contributed by atoms with Crippen LogP contribution < -0.4 is 16.0 Å². The lowest BCUT2D eigenvalue weighted by atomic mass is 10.0. The first-order chi connectivity index (χ1) is 10.1. The summed E-state index contributed by atoms with van der Waals surface area (Å²) in [6, 6.07) is 0. The summed E-state index contributed by atoms with van der Waals surface area (Å²) >= 11 is 0. The van der Waals surface area contributed by atoms with Crippen molar-refractivity contribution in [1.29, 1.82) is 0 Å². The maximum absolute atomic E-state index is 11.7. The van der Waals surface area contributed by atoms with Crippen molar-refractivity contribution in [1.82, 2.24) is 15.3 Å². The van der Waals surface area contributed by atoms with Crippen molar-refractivity contribution in [2.45, 2.75) is 46.5 Å². The second kappa shape index (κ2) is 9.15. The number of hydrogen-bond acceptors (Lipinski definition) is 5. The van der Waals surface area contributed by atoms with E-state index in [9.17, 15) is 4.79 Å². The van der Waals surface area contributed by atoms with Crippen LogP contribution in [-0.2, 0) is 4.79 Å². The Morgan fingerprint density at radius 1 is 1.10 bits per heavy atom. The highest BCUT2D eigenvalue weighted by atomic mass is 16.1. The van der Waals surface area contributed by atoms with E-state index < -0.39 is 0 Å². The van der Waals surface area contributed by atoms with E-state index in [0.29, 0.717) is 6.54 Å². The quantitative estimate of drug-likeness (QED) is 0.651. The number of nitrogens with zero attached hydrogens (tertiary/aromatic N) is 2. The average Bonchev–Trinajstić information content (AvgIpc) is 2.48. The fourth-order valence-corrected chi connectivity index (χ4v) is 1.96. The average molecular weight is 293 g/mol. The van der Waals surface area contributed by atoms with Gasteiger partial charge >= 0.3 is 0 Å². The molecule has 0 aliphatic carbocycles. The maximum Gasteiger partial charge on any atom is 0.239 e. The van der Waals surface area contributed by atoms with Gasteiger partial charge in [-0.3, -0.25) is 4.79 Å². The third kappa shape index (κ3) is 5.57. The van der Waals surface area contributed by atoms with Crippen LogP contribution in [0.1, 0.15) is 52.0 Å². The molecule has 0 aromatic carbocycles. The van der Waals surface area contributed by atoms with E-state index >= 15 is 0 Å². The van der Waals surface area contributed by atoms with E-state index in [1.807, 2.05) is 6.92 Å². The molecule has 0 atom stereocenters. The minimum Gasteiger partial charge on any atom is -0.370 e. The third-order valence-electron chi connectivity index (χ3n) is 2.99. The lowest BCUT2D eigenvalue weighted by Crippen LogP contribution is -2.30. The Morgan fingerprint density at radius 2 is 1.71 bits per heavy atom. The van der Waals surface area contributed by atoms with Crippen LogP contribution in [-0.4, -0.2) is 35.5 Å². The van der Waals surface area contributed by atoms with Gasteiger partial charge in [-0.05, 0) is 18.8 Å². The van der Waals surface area contributed by atoms with Gasteiger partial charge in [0, 0.05) is 18.7 Å². The predicted molar refractivity (Wildman–Crippen MR) is 86.7 cm³/mol. The first-order valence-electron chi connectivity index (χ1n) is 7.69. The fraction of sp³-hybridized carbons (Fsp3) is 0.667. The molecule has 0 spiro atoms. The molecule has 0 bridgehead atoms. The first kappa shape index (κ1) is 17.2. The highest BCUT2D eigenvalue weighted by Crippen LogP contribution is 2.28. The Bertz CT molecular complexity index is 448. The molecular formula is C15H27N5O. The zero-order valence-corrected chi connectivity index (χ0v) is 13.5. The summed E-state index contributed by atoms with van der Waals surface area (Å²) in [5.41, 5.74) is 1.02. The molecular weight excluding hydrogens is 266 g/mol. The van der Waals surface area contributed by atoms with Gasteiger partial charge in [0.1, 0.15) is 18.0 Å². The van der Waals surface area contributed by atoms with Crippen LogP contribution in [0.4, 0.5) is 11.6 Å². The van der Waals surface area contributed by atoms with E-state index in [4.69, 9.17) is 0 Å². The van der Waals surface area contributed by atoms with Crippen molar-refractivity contribution in [2.24, 2.45) is 0 Å². The van der Waals surface area contributed by atoms with Crippen LogP contribution >= 0.6 is 0 Å². The molecule has 1 rings (SSSR count). The van der Waals surface area contributed by atoms with Gasteiger partial charge in [0.25, 0.3) is 0 Å². The van der Waals surface area contributed by atoms with E-state index in [1.54, 1.807) is 0 Å². The van der Waals surface area contributed by atoms with Crippen molar-refractivity contribution >= 4 is 17.5 Å². The Morgan fingerprint density at radius 3 is 2.29 bits per heavy atom. The number of rotatable bonds is 9. The van der Waals surface area contributed by atoms with Crippen LogP contribution in [0.5, 0.6) is 0 Å². The lowest BCUT2D eigenvalue weighted by Gasteiger charge is -2.17. The number of hydrogen-bond donors (Lipinski definition) is 3. The van der Waals surface area contributed by atoms with Gasteiger partial charge in [-0.2, -0.15) is 0 Å². The maximum atomic E-state index is 11.7. The highest BCUT2D eigenvalue weighted by Gasteiger charge is 2.15. The second-order valence-electron chi connectivity index (χ2n) is 5.27. The Labute approximate surface area is 127 Å². The molecule has 3 N–H and O–H groups in total. The molecule has 0 aliphatic heterocycles. The summed E-state index contributed by atoms with van der Waals surface area (Å²) in [5.74, 6) is 1.82. The van der Waals surface area contributed by atoms with E-state index in [-0.39, 0.29) is 18.4 Å². The van der Waals surface area contributed by atoms with E-state index in [2.05, 4.69) is 46.7 Å². The van der Waals surface area contributed by atoms with Crippen molar-refractivity contribution in [3.63, 3.8) is 0 Å². The summed E-state index contributed by atoms with van der Waals surface area (Å²) in [6.07, 6.45) is 3.49. The van der Waals surface area contributed by atoms with Crippen molar-refractivity contribution in [2.75, 3.05) is 30.3 Å². The number of aromatic nitrogens is 2. The second-order valence-corrected chi connectivity index (χ2v) is 5.27. The molecule has 0 saturated carbocycles. The fourth-order valence-electron chi connectivity index (χ4n) is 1.96. The third-order valence-corrected chi connectivity index (χ3v) is 2.99. The molecule has 0 aliphatic rings. The number of anilines is 2. The van der Waals surface area contributed by atoms with Gasteiger partial charge in [0.05, 0.1) is 6.54 Å². The lowest BCUT2D eigenvalue weighted by molar-refractivity contribution is -0.119. The normalized spacial score (nSPS) is 10.5. The van der Waals surface area contributed by atoms with Crippen LogP contribution in [0.3, 0.4) is 0 Å². The minimum absolute atomic E-state index is 0.0202. The van der Waals surface area contributed by atoms with Gasteiger partial charge in [-0.25, -0.2) is 9.97 Å². The van der Waals surface area contributed by atoms with Crippen LogP contribution in [0.2, 0.25) is 0 Å². The highest BCUT2D eigenvalue weighted by molar-refractivity contribution is 5.80. The van der Waals surface area contributed by atoms with Crippen molar-refractivity contribution in [3.05, 3.63) is 11.9 Å². The zero-order chi connectivity index (χ0) is 15.7. The number of amides is 1. The van der Waals surface area contributed by atoms with Crippen LogP contribution in [0.15, 0.2) is 6.33 Å².